The zero-order chi connectivity index (χ0) is 15.4. The number of rotatable bonds is 6. The normalized spacial score (nSPS) is 12.4. The Kier molecular flexibility index (Phi) is 5.09. The van der Waals surface area contributed by atoms with Gasteiger partial charge in [0, 0.05) is 0 Å². The van der Waals surface area contributed by atoms with E-state index < -0.39 is 40.9 Å². The minimum absolute atomic E-state index is 0.0671. The van der Waals surface area contributed by atoms with Crippen molar-refractivity contribution < 1.29 is 35.5 Å². The van der Waals surface area contributed by atoms with E-state index in [0.29, 0.717) is 0 Å². The van der Waals surface area contributed by atoms with Gasteiger partial charge < -0.3 is 4.74 Å². The first-order chi connectivity index (χ1) is 9.18. The molecule has 0 aromatic heterocycles. The van der Waals surface area contributed by atoms with E-state index in [2.05, 4.69) is 4.74 Å². The molecule has 0 spiro atoms. The quantitative estimate of drug-likeness (QED) is 0.496. The standard InChI is InChI=1S/C11H10F4O4S/c12-10(13,11(14,15)20(17)18)6-7-19-9(16)8-4-2-1-3-5-8/h1-5,20H,6-7H2. The molecule has 4 nitrogen and oxygen atoms in total. The summed E-state index contributed by atoms with van der Waals surface area (Å²) in [5, 5.41) is -5.18. The molecule has 1 aromatic rings. The highest BCUT2D eigenvalue weighted by atomic mass is 32.2. The molecular weight excluding hydrogens is 304 g/mol. The van der Waals surface area contributed by atoms with Crippen molar-refractivity contribution >= 4 is 16.7 Å². The van der Waals surface area contributed by atoms with Crippen molar-refractivity contribution in [1.29, 1.82) is 0 Å². The zero-order valence-electron chi connectivity index (χ0n) is 9.89. The zero-order valence-corrected chi connectivity index (χ0v) is 10.8. The summed E-state index contributed by atoms with van der Waals surface area (Å²) in [6.45, 7) is -1.03. The summed E-state index contributed by atoms with van der Waals surface area (Å²) in [4.78, 5) is 11.3. The van der Waals surface area contributed by atoms with Crippen molar-refractivity contribution in [1.82, 2.24) is 0 Å². The van der Waals surface area contributed by atoms with Crippen LogP contribution in [0.4, 0.5) is 17.6 Å². The van der Waals surface area contributed by atoms with E-state index in [9.17, 15) is 30.8 Å². The summed E-state index contributed by atoms with van der Waals surface area (Å²) >= 11 is 0. The number of esters is 1. The Morgan fingerprint density at radius 1 is 1.10 bits per heavy atom. The third kappa shape index (κ3) is 3.69. The maximum absolute atomic E-state index is 13.0. The van der Waals surface area contributed by atoms with Gasteiger partial charge in [-0.3, -0.25) is 0 Å². The highest BCUT2D eigenvalue weighted by molar-refractivity contribution is 7.73. The van der Waals surface area contributed by atoms with Crippen LogP contribution in [0.25, 0.3) is 0 Å². The summed E-state index contributed by atoms with van der Waals surface area (Å²) in [5.41, 5.74) is 0.0671. The molecule has 1 rings (SSSR count). The molecule has 0 bridgehead atoms. The molecule has 1 aromatic carbocycles. The molecule has 0 aliphatic carbocycles. The molecule has 0 fully saturated rings. The minimum Gasteiger partial charge on any atom is -0.462 e. The van der Waals surface area contributed by atoms with Gasteiger partial charge >= 0.3 is 17.1 Å². The molecule has 0 amide bonds. The Labute approximate surface area is 113 Å². The topological polar surface area (TPSA) is 60.4 Å². The summed E-state index contributed by atoms with van der Waals surface area (Å²) in [7, 11) is -4.63. The fourth-order valence-corrected chi connectivity index (χ4v) is 1.59. The predicted molar refractivity (Wildman–Crippen MR) is 61.6 cm³/mol. The Morgan fingerprint density at radius 3 is 2.15 bits per heavy atom. The van der Waals surface area contributed by atoms with E-state index in [4.69, 9.17) is 0 Å². The first-order valence-electron chi connectivity index (χ1n) is 5.31. The second-order valence-corrected chi connectivity index (χ2v) is 4.83. The van der Waals surface area contributed by atoms with E-state index >= 15 is 0 Å². The van der Waals surface area contributed by atoms with Crippen LogP contribution in [0.3, 0.4) is 0 Å². The fraction of sp³-hybridized carbons (Fsp3) is 0.364. The van der Waals surface area contributed by atoms with Gasteiger partial charge in [-0.15, -0.1) is 0 Å². The van der Waals surface area contributed by atoms with Crippen LogP contribution in [0.15, 0.2) is 30.3 Å². The molecule has 112 valence electrons. The average molecular weight is 314 g/mol. The van der Waals surface area contributed by atoms with Gasteiger partial charge in [0.2, 0.25) is 10.7 Å². The summed E-state index contributed by atoms with van der Waals surface area (Å²) in [6, 6.07) is 7.31. The van der Waals surface area contributed by atoms with Gasteiger partial charge in [-0.25, -0.2) is 13.2 Å². The summed E-state index contributed by atoms with van der Waals surface area (Å²) in [5.74, 6) is -5.77. The van der Waals surface area contributed by atoms with Gasteiger partial charge in [-0.1, -0.05) is 18.2 Å². The third-order valence-electron chi connectivity index (χ3n) is 2.33. The lowest BCUT2D eigenvalue weighted by atomic mass is 10.2. The molecular formula is C11H10F4O4S. The molecule has 0 heterocycles. The number of halogens is 4. The molecule has 0 radical (unpaired) electrons. The van der Waals surface area contributed by atoms with Crippen LogP contribution >= 0.6 is 0 Å². The van der Waals surface area contributed by atoms with Crippen LogP contribution in [0.1, 0.15) is 16.8 Å². The molecule has 0 saturated carbocycles. The largest absolute Gasteiger partial charge is 0.462 e. The average Bonchev–Trinajstić information content (AvgIpc) is 2.39. The van der Waals surface area contributed by atoms with Gasteiger partial charge in [-0.05, 0) is 12.1 Å². The SMILES string of the molecule is O=C(OCCC(F)(F)C(F)(F)[SH](=O)=O)c1ccccc1. The lowest BCUT2D eigenvalue weighted by molar-refractivity contribution is -0.163. The van der Waals surface area contributed by atoms with Gasteiger partial charge in [0.25, 0.3) is 0 Å². The Morgan fingerprint density at radius 2 is 1.65 bits per heavy atom. The lowest BCUT2D eigenvalue weighted by Crippen LogP contribution is -2.42. The molecule has 0 aliphatic heterocycles. The third-order valence-corrected chi connectivity index (χ3v) is 3.11. The van der Waals surface area contributed by atoms with E-state index in [0.717, 1.165) is 0 Å². The highest BCUT2D eigenvalue weighted by Crippen LogP contribution is 2.37. The molecule has 0 aliphatic rings. The first kappa shape index (κ1) is 16.4. The van der Waals surface area contributed by atoms with Crippen molar-refractivity contribution in [2.75, 3.05) is 6.61 Å². The maximum atomic E-state index is 13.0. The van der Waals surface area contributed by atoms with Crippen LogP contribution in [-0.2, 0) is 15.4 Å². The second-order valence-electron chi connectivity index (χ2n) is 3.75. The highest BCUT2D eigenvalue weighted by Gasteiger charge is 2.59. The van der Waals surface area contributed by atoms with Crippen molar-refractivity contribution in [3.05, 3.63) is 35.9 Å². The minimum atomic E-state index is -5.18. The number of alkyl halides is 4. The number of hydrogen-bond acceptors (Lipinski definition) is 4. The monoisotopic (exact) mass is 314 g/mol. The summed E-state index contributed by atoms with van der Waals surface area (Å²) < 4.78 is 75.9. The van der Waals surface area contributed by atoms with E-state index in [1.165, 1.54) is 24.3 Å². The Hall–Kier alpha value is -1.64. The number of carbonyl (C=O) groups excluding carboxylic acids is 1. The second kappa shape index (κ2) is 6.21. The van der Waals surface area contributed by atoms with Crippen molar-refractivity contribution in [2.45, 2.75) is 17.6 Å². The molecule has 0 atom stereocenters. The van der Waals surface area contributed by atoms with Crippen LogP contribution in [0.2, 0.25) is 0 Å². The molecule has 9 heteroatoms. The Balaban J connectivity index is 2.58. The molecule has 0 N–H and O–H groups in total. The van der Waals surface area contributed by atoms with E-state index in [-0.39, 0.29) is 5.56 Å². The van der Waals surface area contributed by atoms with Crippen LogP contribution in [0.5, 0.6) is 0 Å². The van der Waals surface area contributed by atoms with Crippen LogP contribution < -0.4 is 0 Å². The number of benzene rings is 1. The van der Waals surface area contributed by atoms with E-state index in [1.807, 2.05) is 0 Å². The van der Waals surface area contributed by atoms with Gasteiger partial charge in [0.1, 0.15) is 0 Å². The maximum Gasteiger partial charge on any atom is 0.404 e. The van der Waals surface area contributed by atoms with Crippen molar-refractivity contribution in [3.8, 4) is 0 Å². The van der Waals surface area contributed by atoms with Gasteiger partial charge in [0.05, 0.1) is 18.6 Å². The first-order valence-corrected chi connectivity index (χ1v) is 6.48. The molecule has 20 heavy (non-hydrogen) atoms. The number of ether oxygens (including phenoxy) is 1. The van der Waals surface area contributed by atoms with Gasteiger partial charge in [-0.2, -0.15) is 17.6 Å². The molecule has 0 saturated heterocycles. The lowest BCUT2D eigenvalue weighted by Gasteiger charge is -2.21. The number of hydrogen-bond donors (Lipinski definition) is 1. The smallest absolute Gasteiger partial charge is 0.404 e. The fourth-order valence-electron chi connectivity index (χ4n) is 1.21. The number of thiol groups is 1. The van der Waals surface area contributed by atoms with Crippen LogP contribution in [-0.4, -0.2) is 32.2 Å². The van der Waals surface area contributed by atoms with Crippen molar-refractivity contribution in [3.63, 3.8) is 0 Å². The predicted octanol–water partition coefficient (Wildman–Crippen LogP) is 2.07. The summed E-state index contributed by atoms with van der Waals surface area (Å²) in [6.07, 6.45) is -1.60. The van der Waals surface area contributed by atoms with E-state index in [1.54, 1.807) is 6.07 Å². The number of carbonyl (C=O) groups is 1. The van der Waals surface area contributed by atoms with Crippen molar-refractivity contribution in [2.24, 2.45) is 0 Å². The Bertz CT molecular complexity index is 535. The molecule has 0 unspecified atom stereocenters. The van der Waals surface area contributed by atoms with Crippen LogP contribution in [0, 0.1) is 0 Å². The van der Waals surface area contributed by atoms with Gasteiger partial charge in [0.15, 0.2) is 0 Å².